The molecule has 1 aromatic carbocycles. The Morgan fingerprint density at radius 1 is 1.07 bits per heavy atom. The molecular formula is C20H14N6O2S. The highest BCUT2D eigenvalue weighted by molar-refractivity contribution is 7.08. The molecular weight excluding hydrogens is 388 g/mol. The van der Waals surface area contributed by atoms with Gasteiger partial charge in [-0.25, -0.2) is 15.0 Å². The van der Waals surface area contributed by atoms with Crippen molar-refractivity contribution in [2.75, 3.05) is 12.4 Å². The molecule has 0 radical (unpaired) electrons. The average Bonchev–Trinajstić information content (AvgIpc) is 3.34. The van der Waals surface area contributed by atoms with Gasteiger partial charge < -0.3 is 10.1 Å². The number of hydrogen-bond donors (Lipinski definition) is 1. The smallest absolute Gasteiger partial charge is 0.293 e. The van der Waals surface area contributed by atoms with Gasteiger partial charge in [-0.2, -0.15) is 4.52 Å². The van der Waals surface area contributed by atoms with E-state index in [-0.39, 0.29) is 0 Å². The molecule has 4 heterocycles. The predicted octanol–water partition coefficient (Wildman–Crippen LogP) is 3.51. The monoisotopic (exact) mass is 402 g/mol. The molecule has 9 heteroatoms. The standard InChI is InChI=1S/C20H14N6O2S/c1-28-16-11-29-10-13(16)17-24-18-12-6-2-3-7-14(12)22-20(26(18)25-17)23-15-8-4-5-9-21-19(15)27/h2-11H,1H3,(H,21,22,23,27). The third-order valence-corrected chi connectivity index (χ3v) is 5.12. The van der Waals surface area contributed by atoms with Gasteiger partial charge in [0.1, 0.15) is 11.4 Å². The Morgan fingerprint density at radius 3 is 2.83 bits per heavy atom. The van der Waals surface area contributed by atoms with Gasteiger partial charge in [0.15, 0.2) is 11.5 Å². The van der Waals surface area contributed by atoms with Crippen LogP contribution in [-0.4, -0.2) is 31.7 Å². The highest BCUT2D eigenvalue weighted by atomic mass is 32.1. The summed E-state index contributed by atoms with van der Waals surface area (Å²) in [6.07, 6.45) is 1.45. The molecule has 0 saturated carbocycles. The molecule has 0 bridgehead atoms. The second-order valence-electron chi connectivity index (χ2n) is 6.15. The summed E-state index contributed by atoms with van der Waals surface area (Å²) in [6.45, 7) is 0. The molecule has 0 amide bonds. The second-order valence-corrected chi connectivity index (χ2v) is 6.89. The van der Waals surface area contributed by atoms with Crippen LogP contribution < -0.4 is 15.6 Å². The van der Waals surface area contributed by atoms with Crippen LogP contribution in [0.3, 0.4) is 0 Å². The number of para-hydroxylation sites is 1. The molecule has 5 rings (SSSR count). The van der Waals surface area contributed by atoms with Gasteiger partial charge in [0.2, 0.25) is 5.95 Å². The normalized spacial score (nSPS) is 11.1. The fourth-order valence-corrected chi connectivity index (χ4v) is 3.80. The third kappa shape index (κ3) is 2.97. The molecule has 29 heavy (non-hydrogen) atoms. The number of aromatic nitrogens is 5. The predicted molar refractivity (Wildman–Crippen MR) is 112 cm³/mol. The van der Waals surface area contributed by atoms with Crippen LogP contribution in [0.2, 0.25) is 0 Å². The molecule has 142 valence electrons. The van der Waals surface area contributed by atoms with Crippen LogP contribution in [0, 0.1) is 0 Å². The number of nitrogens with zero attached hydrogens (tertiary/aromatic N) is 5. The summed E-state index contributed by atoms with van der Waals surface area (Å²) in [5.74, 6) is 1.60. The van der Waals surface area contributed by atoms with Crippen LogP contribution in [0.5, 0.6) is 5.75 Å². The van der Waals surface area contributed by atoms with E-state index < -0.39 is 5.56 Å². The van der Waals surface area contributed by atoms with Crippen molar-refractivity contribution in [3.8, 4) is 17.1 Å². The summed E-state index contributed by atoms with van der Waals surface area (Å²) in [7, 11) is 1.61. The summed E-state index contributed by atoms with van der Waals surface area (Å²) >= 11 is 1.51. The highest BCUT2D eigenvalue weighted by Gasteiger charge is 2.18. The van der Waals surface area contributed by atoms with Crippen LogP contribution in [0.4, 0.5) is 11.6 Å². The molecule has 0 atom stereocenters. The lowest BCUT2D eigenvalue weighted by Crippen LogP contribution is -2.11. The van der Waals surface area contributed by atoms with Gasteiger partial charge in [-0.1, -0.05) is 18.2 Å². The van der Waals surface area contributed by atoms with E-state index in [1.807, 2.05) is 35.0 Å². The molecule has 0 fully saturated rings. The number of fused-ring (bicyclic) bond motifs is 3. The Morgan fingerprint density at radius 2 is 1.93 bits per heavy atom. The zero-order valence-electron chi connectivity index (χ0n) is 15.2. The first-order chi connectivity index (χ1) is 14.2. The SMILES string of the molecule is COc1cscc1-c1nc2c3ccccc3nc(Nc3ccccnc3=O)n2n1. The highest BCUT2D eigenvalue weighted by Crippen LogP contribution is 2.33. The van der Waals surface area contributed by atoms with Crippen LogP contribution in [0.25, 0.3) is 27.9 Å². The number of anilines is 2. The van der Waals surface area contributed by atoms with E-state index in [1.165, 1.54) is 17.5 Å². The fourth-order valence-electron chi connectivity index (χ4n) is 3.03. The first kappa shape index (κ1) is 17.3. The first-order valence-corrected chi connectivity index (χ1v) is 9.67. The summed E-state index contributed by atoms with van der Waals surface area (Å²) in [5.41, 5.74) is 2.07. The molecule has 0 aliphatic carbocycles. The van der Waals surface area contributed by atoms with Crippen molar-refractivity contribution in [1.29, 1.82) is 0 Å². The van der Waals surface area contributed by atoms with E-state index in [4.69, 9.17) is 9.72 Å². The van der Waals surface area contributed by atoms with Crippen LogP contribution in [-0.2, 0) is 0 Å². The van der Waals surface area contributed by atoms with E-state index in [9.17, 15) is 4.79 Å². The van der Waals surface area contributed by atoms with Gasteiger partial charge in [0.25, 0.3) is 5.56 Å². The maximum Gasteiger partial charge on any atom is 0.293 e. The maximum atomic E-state index is 12.2. The molecule has 8 nitrogen and oxygen atoms in total. The number of rotatable bonds is 4. The summed E-state index contributed by atoms with van der Waals surface area (Å²) in [6, 6.07) is 12.7. The largest absolute Gasteiger partial charge is 0.495 e. The third-order valence-electron chi connectivity index (χ3n) is 4.40. The summed E-state index contributed by atoms with van der Waals surface area (Å²) in [5, 5.41) is 12.4. The van der Waals surface area contributed by atoms with Crippen molar-refractivity contribution in [3.63, 3.8) is 0 Å². The van der Waals surface area contributed by atoms with Crippen molar-refractivity contribution in [1.82, 2.24) is 24.6 Å². The lowest BCUT2D eigenvalue weighted by Gasteiger charge is -2.07. The van der Waals surface area contributed by atoms with Gasteiger partial charge in [0.05, 0.1) is 18.2 Å². The molecule has 0 saturated heterocycles. The van der Waals surface area contributed by atoms with E-state index in [0.717, 1.165) is 16.5 Å². The van der Waals surface area contributed by atoms with E-state index in [2.05, 4.69) is 20.4 Å². The first-order valence-electron chi connectivity index (χ1n) is 8.73. The van der Waals surface area contributed by atoms with Crippen molar-refractivity contribution < 1.29 is 4.74 Å². The molecule has 4 aromatic heterocycles. The minimum Gasteiger partial charge on any atom is -0.495 e. The summed E-state index contributed by atoms with van der Waals surface area (Å²) in [4.78, 5) is 25.5. The Bertz CT molecular complexity index is 1410. The Hall–Kier alpha value is -3.85. The van der Waals surface area contributed by atoms with Crippen molar-refractivity contribution in [2.45, 2.75) is 0 Å². The lowest BCUT2D eigenvalue weighted by molar-refractivity contribution is 0.418. The van der Waals surface area contributed by atoms with Crippen LogP contribution >= 0.6 is 11.3 Å². The minimum atomic E-state index is -0.391. The quantitative estimate of drug-likeness (QED) is 0.491. The number of nitrogens with one attached hydrogen (secondary N) is 1. The Labute approximate surface area is 168 Å². The van der Waals surface area contributed by atoms with Gasteiger partial charge in [-0.05, 0) is 24.3 Å². The number of ether oxygens (including phenoxy) is 1. The van der Waals surface area contributed by atoms with E-state index in [0.29, 0.717) is 28.9 Å². The van der Waals surface area contributed by atoms with Gasteiger partial charge in [-0.15, -0.1) is 16.4 Å². The molecule has 5 aromatic rings. The number of methoxy groups -OCH3 is 1. The Balaban J connectivity index is 1.76. The van der Waals surface area contributed by atoms with Crippen LogP contribution in [0.1, 0.15) is 0 Å². The number of benzene rings is 1. The molecule has 0 spiro atoms. The number of hydrogen-bond acceptors (Lipinski definition) is 8. The molecule has 1 N–H and O–H groups in total. The zero-order chi connectivity index (χ0) is 19.8. The topological polar surface area (TPSA) is 94.3 Å². The molecule has 0 aliphatic rings. The molecule has 0 aliphatic heterocycles. The summed E-state index contributed by atoms with van der Waals surface area (Å²) < 4.78 is 7.01. The van der Waals surface area contributed by atoms with Crippen molar-refractivity contribution in [2.24, 2.45) is 0 Å². The number of thiophene rings is 1. The van der Waals surface area contributed by atoms with Crippen LogP contribution in [0.15, 0.2) is 64.2 Å². The van der Waals surface area contributed by atoms with Gasteiger partial charge in [-0.3, -0.25) is 4.79 Å². The molecule has 0 unspecified atom stereocenters. The lowest BCUT2D eigenvalue weighted by atomic mass is 10.2. The van der Waals surface area contributed by atoms with E-state index >= 15 is 0 Å². The zero-order valence-corrected chi connectivity index (χ0v) is 16.1. The minimum absolute atomic E-state index is 0.296. The average molecular weight is 402 g/mol. The van der Waals surface area contributed by atoms with Crippen molar-refractivity contribution >= 4 is 39.5 Å². The maximum absolute atomic E-state index is 12.2. The van der Waals surface area contributed by atoms with Crippen molar-refractivity contribution in [3.05, 3.63) is 69.8 Å². The van der Waals surface area contributed by atoms with Gasteiger partial charge in [0, 0.05) is 22.3 Å². The fraction of sp³-hybridized carbons (Fsp3) is 0.0500. The van der Waals surface area contributed by atoms with E-state index in [1.54, 1.807) is 29.8 Å². The van der Waals surface area contributed by atoms with Gasteiger partial charge >= 0.3 is 0 Å². The Kier molecular flexibility index (Phi) is 4.14. The second kappa shape index (κ2) is 6.95.